The van der Waals surface area contributed by atoms with Crippen molar-refractivity contribution in [3.8, 4) is 0 Å². The Kier molecular flexibility index (Phi) is 12.6. The van der Waals surface area contributed by atoms with E-state index in [1.54, 1.807) is 0 Å². The number of guanidine groups is 1. The molecular weight excluding hydrogens is 501 g/mol. The number of aromatic nitrogens is 1. The Labute approximate surface area is 206 Å². The van der Waals surface area contributed by atoms with E-state index in [1.807, 2.05) is 13.2 Å². The first-order valence-corrected chi connectivity index (χ1v) is 12.0. The minimum Gasteiger partial charge on any atom is -0.378 e. The van der Waals surface area contributed by atoms with Crippen molar-refractivity contribution in [1.29, 1.82) is 0 Å². The van der Waals surface area contributed by atoms with Crippen LogP contribution in [0.15, 0.2) is 23.3 Å². The van der Waals surface area contributed by atoms with Gasteiger partial charge in [0.05, 0.1) is 6.10 Å². The lowest BCUT2D eigenvalue weighted by Crippen LogP contribution is -2.49. The van der Waals surface area contributed by atoms with Gasteiger partial charge in [-0.15, -0.1) is 24.0 Å². The van der Waals surface area contributed by atoms with Gasteiger partial charge in [-0.1, -0.05) is 31.7 Å². The minimum absolute atomic E-state index is 0. The van der Waals surface area contributed by atoms with E-state index in [4.69, 9.17) is 4.74 Å². The molecule has 0 radical (unpaired) electrons. The fraction of sp³-hybridized carbons (Fsp3) is 0.750. The zero-order valence-corrected chi connectivity index (χ0v) is 21.8. The summed E-state index contributed by atoms with van der Waals surface area (Å²) in [6.45, 7) is 5.98. The van der Waals surface area contributed by atoms with Crippen molar-refractivity contribution in [3.63, 3.8) is 0 Å². The summed E-state index contributed by atoms with van der Waals surface area (Å²) < 4.78 is 6.09. The number of hydrogen-bond donors (Lipinski definition) is 2. The Bertz CT molecular complexity index is 623. The van der Waals surface area contributed by atoms with Crippen molar-refractivity contribution in [1.82, 2.24) is 15.6 Å². The average Bonchev–Trinajstić information content (AvgIpc) is 3.05. The van der Waals surface area contributed by atoms with Crippen LogP contribution in [-0.4, -0.2) is 56.4 Å². The first-order chi connectivity index (χ1) is 14.7. The largest absolute Gasteiger partial charge is 0.378 e. The van der Waals surface area contributed by atoms with E-state index in [1.165, 1.54) is 44.1 Å². The van der Waals surface area contributed by atoms with Crippen LogP contribution in [0.5, 0.6) is 0 Å². The number of aliphatic imine (C=N–C) groups is 1. The van der Waals surface area contributed by atoms with Gasteiger partial charge in [0.2, 0.25) is 0 Å². The van der Waals surface area contributed by atoms with Crippen molar-refractivity contribution < 1.29 is 4.74 Å². The van der Waals surface area contributed by atoms with Gasteiger partial charge in [0.1, 0.15) is 5.82 Å². The number of ether oxygens (including phenoxy) is 1. The fourth-order valence-corrected chi connectivity index (χ4v) is 4.38. The molecule has 1 aliphatic heterocycles. The van der Waals surface area contributed by atoms with Gasteiger partial charge in [0.25, 0.3) is 0 Å². The van der Waals surface area contributed by atoms with E-state index in [0.29, 0.717) is 12.1 Å². The van der Waals surface area contributed by atoms with Crippen molar-refractivity contribution in [3.05, 3.63) is 23.9 Å². The predicted molar refractivity (Wildman–Crippen MR) is 141 cm³/mol. The van der Waals surface area contributed by atoms with Crippen LogP contribution in [0.25, 0.3) is 0 Å². The number of unbranched alkanes of at least 4 members (excludes halogenated alkanes) is 1. The van der Waals surface area contributed by atoms with Crippen molar-refractivity contribution in [2.45, 2.75) is 83.3 Å². The molecule has 1 aromatic rings. The molecule has 2 aliphatic rings. The maximum absolute atomic E-state index is 6.09. The number of nitrogens with zero attached hydrogens (tertiary/aromatic N) is 3. The highest BCUT2D eigenvalue weighted by atomic mass is 127. The van der Waals surface area contributed by atoms with Gasteiger partial charge in [-0.2, -0.15) is 0 Å². The second-order valence-electron chi connectivity index (χ2n) is 8.79. The molecule has 7 heteroatoms. The van der Waals surface area contributed by atoms with Crippen molar-refractivity contribution in [2.24, 2.45) is 4.99 Å². The third-order valence-electron chi connectivity index (χ3n) is 6.30. The van der Waals surface area contributed by atoms with Crippen molar-refractivity contribution in [2.75, 3.05) is 38.2 Å². The van der Waals surface area contributed by atoms with Gasteiger partial charge in [0.15, 0.2) is 5.96 Å². The molecule has 31 heavy (non-hydrogen) atoms. The number of halogens is 1. The van der Waals surface area contributed by atoms with E-state index in [2.05, 4.69) is 44.6 Å². The molecule has 2 fully saturated rings. The number of piperidine rings is 1. The number of rotatable bonds is 8. The minimum atomic E-state index is 0. The molecule has 2 N–H and O–H groups in total. The number of aryl methyl sites for hydroxylation is 1. The summed E-state index contributed by atoms with van der Waals surface area (Å²) in [5, 5.41) is 7.07. The highest BCUT2D eigenvalue weighted by molar-refractivity contribution is 14.0. The monoisotopic (exact) mass is 543 g/mol. The van der Waals surface area contributed by atoms with E-state index >= 15 is 0 Å². The zero-order valence-electron chi connectivity index (χ0n) is 19.4. The van der Waals surface area contributed by atoms with E-state index in [-0.39, 0.29) is 24.0 Å². The topological polar surface area (TPSA) is 61.8 Å². The molecule has 1 aliphatic carbocycles. The molecule has 1 saturated carbocycles. The third kappa shape index (κ3) is 9.51. The summed E-state index contributed by atoms with van der Waals surface area (Å²) in [6.07, 6.45) is 14.9. The molecule has 6 nitrogen and oxygen atoms in total. The lowest BCUT2D eigenvalue weighted by Gasteiger charge is -2.33. The molecule has 2 heterocycles. The highest BCUT2D eigenvalue weighted by Crippen LogP contribution is 2.20. The standard InChI is InChI=1S/C24H41N5O.HI/c1-20-11-12-23(27-19-20)29-16-13-21(14-17-29)28-24(25-2)26-15-7-8-18-30-22-9-5-3-4-6-10-22;/h11-12,19,21-22H,3-10,13-18H2,1-2H3,(H2,25,26,28);1H. The Morgan fingerprint density at radius 3 is 2.48 bits per heavy atom. The van der Waals surface area contributed by atoms with Crippen LogP contribution in [0.1, 0.15) is 69.8 Å². The van der Waals surface area contributed by atoms with Gasteiger partial charge in [-0.3, -0.25) is 4.99 Å². The normalized spacial score (nSPS) is 18.9. The Hall–Kier alpha value is -1.09. The number of nitrogens with one attached hydrogen (secondary N) is 2. The Morgan fingerprint density at radius 1 is 1.10 bits per heavy atom. The first-order valence-electron chi connectivity index (χ1n) is 12.0. The summed E-state index contributed by atoms with van der Waals surface area (Å²) in [7, 11) is 1.86. The molecule has 0 unspecified atom stereocenters. The molecule has 0 aromatic carbocycles. The Balaban J connectivity index is 0.00000341. The van der Waals surface area contributed by atoms with Gasteiger partial charge in [0, 0.05) is 45.5 Å². The van der Waals surface area contributed by atoms with Crippen LogP contribution in [0.2, 0.25) is 0 Å². The maximum Gasteiger partial charge on any atom is 0.191 e. The fourth-order valence-electron chi connectivity index (χ4n) is 4.38. The van der Waals surface area contributed by atoms with Crippen LogP contribution >= 0.6 is 24.0 Å². The number of pyridine rings is 1. The van der Waals surface area contributed by atoms with Crippen LogP contribution < -0.4 is 15.5 Å². The molecular formula is C24H42IN5O. The molecule has 3 rings (SSSR count). The zero-order chi connectivity index (χ0) is 21.0. The molecule has 1 aromatic heterocycles. The average molecular weight is 544 g/mol. The smallest absolute Gasteiger partial charge is 0.191 e. The SMILES string of the molecule is CN=C(NCCCCOC1CCCCCC1)NC1CCN(c2ccc(C)cn2)CC1.I. The van der Waals surface area contributed by atoms with Gasteiger partial charge < -0.3 is 20.3 Å². The second-order valence-corrected chi connectivity index (χ2v) is 8.79. The lowest BCUT2D eigenvalue weighted by atomic mass is 10.1. The highest BCUT2D eigenvalue weighted by Gasteiger charge is 2.20. The lowest BCUT2D eigenvalue weighted by molar-refractivity contribution is 0.0411. The van der Waals surface area contributed by atoms with Gasteiger partial charge in [-0.25, -0.2) is 4.98 Å². The van der Waals surface area contributed by atoms with Gasteiger partial charge >= 0.3 is 0 Å². The second kappa shape index (κ2) is 14.9. The number of anilines is 1. The quantitative estimate of drug-likeness (QED) is 0.164. The first kappa shape index (κ1) is 26.2. The van der Waals surface area contributed by atoms with Gasteiger partial charge in [-0.05, 0) is 57.1 Å². The summed E-state index contributed by atoms with van der Waals surface area (Å²) >= 11 is 0. The maximum atomic E-state index is 6.09. The molecule has 0 bridgehead atoms. The van der Waals surface area contributed by atoms with Crippen LogP contribution in [0.4, 0.5) is 5.82 Å². The molecule has 0 spiro atoms. The van der Waals surface area contributed by atoms with Crippen LogP contribution in [0.3, 0.4) is 0 Å². The molecule has 0 amide bonds. The summed E-state index contributed by atoms with van der Waals surface area (Å²) in [4.78, 5) is 11.3. The Morgan fingerprint density at radius 2 is 1.84 bits per heavy atom. The number of hydrogen-bond acceptors (Lipinski definition) is 4. The summed E-state index contributed by atoms with van der Waals surface area (Å²) in [5.74, 6) is 2.01. The van der Waals surface area contributed by atoms with Crippen LogP contribution in [0, 0.1) is 6.92 Å². The molecule has 0 atom stereocenters. The third-order valence-corrected chi connectivity index (χ3v) is 6.30. The van der Waals surface area contributed by atoms with Crippen molar-refractivity contribution >= 4 is 35.8 Å². The predicted octanol–water partition coefficient (Wildman–Crippen LogP) is 4.66. The van der Waals surface area contributed by atoms with Crippen LogP contribution in [-0.2, 0) is 4.74 Å². The summed E-state index contributed by atoms with van der Waals surface area (Å²) in [5.41, 5.74) is 1.21. The molecule has 176 valence electrons. The van der Waals surface area contributed by atoms with E-state index in [0.717, 1.165) is 63.7 Å². The molecule has 1 saturated heterocycles. The van der Waals surface area contributed by atoms with E-state index in [9.17, 15) is 0 Å². The summed E-state index contributed by atoms with van der Waals surface area (Å²) in [6, 6.07) is 4.74. The van der Waals surface area contributed by atoms with E-state index < -0.39 is 0 Å².